The third kappa shape index (κ3) is 3.13. The number of rotatable bonds is 3. The van der Waals surface area contributed by atoms with Gasteiger partial charge in [0.15, 0.2) is 12.2 Å². The maximum absolute atomic E-state index is 11.7. The van der Waals surface area contributed by atoms with Gasteiger partial charge in [0.1, 0.15) is 0 Å². The normalized spacial score (nSPS) is 33.9. The lowest BCUT2D eigenvalue weighted by Gasteiger charge is -2.20. The topological polar surface area (TPSA) is 114 Å². The number of esters is 4. The minimum atomic E-state index is -1.29. The molecule has 2 aliphatic heterocycles. The van der Waals surface area contributed by atoms with Crippen LogP contribution in [0.2, 0.25) is 0 Å². The molecule has 0 bridgehead atoms. The van der Waals surface area contributed by atoms with Crippen LogP contribution in [-0.2, 0) is 42.9 Å². The first kappa shape index (κ1) is 15.2. The summed E-state index contributed by atoms with van der Waals surface area (Å²) in [5.41, 5.74) is 0. The van der Waals surface area contributed by atoms with Gasteiger partial charge >= 0.3 is 23.9 Å². The largest absolute Gasteiger partial charge is 0.452 e. The molecule has 21 heavy (non-hydrogen) atoms. The molecule has 2 heterocycles. The predicted molar refractivity (Wildman–Crippen MR) is 61.4 cm³/mol. The Balaban J connectivity index is 2.19. The minimum Gasteiger partial charge on any atom is -0.452 e. The van der Waals surface area contributed by atoms with Crippen molar-refractivity contribution in [3.05, 3.63) is 0 Å². The fraction of sp³-hybridized carbons (Fsp3) is 0.667. The zero-order valence-corrected chi connectivity index (χ0v) is 11.6. The summed E-state index contributed by atoms with van der Waals surface area (Å²) >= 11 is 0. The molecule has 5 atom stereocenters. The van der Waals surface area contributed by atoms with Gasteiger partial charge < -0.3 is 23.7 Å². The lowest BCUT2D eigenvalue weighted by Crippen LogP contribution is -2.38. The lowest BCUT2D eigenvalue weighted by atomic mass is 10.1. The lowest BCUT2D eigenvalue weighted by molar-refractivity contribution is -0.205. The second-order valence-corrected chi connectivity index (χ2v) is 4.58. The summed E-state index contributed by atoms with van der Waals surface area (Å²) in [6.45, 7) is 3.43. The van der Waals surface area contributed by atoms with Crippen molar-refractivity contribution in [2.75, 3.05) is 0 Å². The smallest absolute Gasteiger partial charge is 0.350 e. The molecule has 0 aliphatic carbocycles. The Hall–Kier alpha value is -2.16. The summed E-state index contributed by atoms with van der Waals surface area (Å²) in [5.74, 6) is -2.82. The summed E-state index contributed by atoms with van der Waals surface area (Å²) in [5, 5.41) is 0. The average molecular weight is 302 g/mol. The van der Waals surface area contributed by atoms with Crippen LogP contribution in [0.25, 0.3) is 0 Å². The van der Waals surface area contributed by atoms with Crippen LogP contribution in [-0.4, -0.2) is 54.6 Å². The highest BCUT2D eigenvalue weighted by Crippen LogP contribution is 2.35. The van der Waals surface area contributed by atoms with Crippen molar-refractivity contribution in [2.24, 2.45) is 0 Å². The predicted octanol–water partition coefficient (Wildman–Crippen LogP) is -0.937. The van der Waals surface area contributed by atoms with Crippen molar-refractivity contribution in [1.82, 2.24) is 0 Å². The van der Waals surface area contributed by atoms with Crippen LogP contribution < -0.4 is 0 Å². The van der Waals surface area contributed by atoms with Gasteiger partial charge in [-0.05, 0) is 0 Å². The van der Waals surface area contributed by atoms with Crippen LogP contribution in [0.15, 0.2) is 0 Å². The number of ether oxygens (including phenoxy) is 5. The van der Waals surface area contributed by atoms with Crippen molar-refractivity contribution >= 4 is 23.9 Å². The molecule has 0 spiro atoms. The number of hydrogen-bond acceptors (Lipinski definition) is 9. The third-order valence-corrected chi connectivity index (χ3v) is 2.87. The average Bonchev–Trinajstić information content (AvgIpc) is 2.78. The van der Waals surface area contributed by atoms with Gasteiger partial charge in [0, 0.05) is 20.8 Å². The molecule has 0 radical (unpaired) electrons. The van der Waals surface area contributed by atoms with Crippen LogP contribution in [0.4, 0.5) is 0 Å². The quantitative estimate of drug-likeness (QED) is 0.481. The maximum atomic E-state index is 11.7. The number of carbonyl (C=O) groups is 4. The molecule has 2 saturated heterocycles. The highest BCUT2D eigenvalue weighted by Gasteiger charge is 2.61. The minimum absolute atomic E-state index is 0.659. The molecule has 1 unspecified atom stereocenters. The summed E-state index contributed by atoms with van der Waals surface area (Å²) < 4.78 is 25.1. The molecule has 2 fully saturated rings. The molecule has 0 aromatic carbocycles. The van der Waals surface area contributed by atoms with E-state index in [2.05, 4.69) is 0 Å². The summed E-state index contributed by atoms with van der Waals surface area (Å²) in [6, 6.07) is 0. The van der Waals surface area contributed by atoms with Crippen molar-refractivity contribution in [1.29, 1.82) is 0 Å². The molecular formula is C12H14O9. The van der Waals surface area contributed by atoms with Crippen molar-refractivity contribution in [3.8, 4) is 0 Å². The van der Waals surface area contributed by atoms with Gasteiger partial charge in [-0.3, -0.25) is 14.4 Å². The summed E-state index contributed by atoms with van der Waals surface area (Å²) in [7, 11) is 0. The number of hydrogen-bond donors (Lipinski definition) is 0. The molecule has 9 nitrogen and oxygen atoms in total. The molecule has 116 valence electrons. The van der Waals surface area contributed by atoms with E-state index in [1.807, 2.05) is 0 Å². The highest BCUT2D eigenvalue weighted by atomic mass is 16.8. The van der Waals surface area contributed by atoms with Gasteiger partial charge in [-0.15, -0.1) is 0 Å². The van der Waals surface area contributed by atoms with E-state index in [0.717, 1.165) is 20.8 Å². The van der Waals surface area contributed by atoms with E-state index in [1.165, 1.54) is 0 Å². The first-order valence-corrected chi connectivity index (χ1v) is 6.17. The zero-order chi connectivity index (χ0) is 15.7. The molecule has 2 aliphatic rings. The summed E-state index contributed by atoms with van der Waals surface area (Å²) in [4.78, 5) is 44.8. The van der Waals surface area contributed by atoms with Crippen LogP contribution in [0, 0.1) is 0 Å². The van der Waals surface area contributed by atoms with Crippen molar-refractivity contribution < 1.29 is 42.9 Å². The first-order valence-electron chi connectivity index (χ1n) is 6.17. The van der Waals surface area contributed by atoms with Gasteiger partial charge in [0.05, 0.1) is 0 Å². The molecule has 0 amide bonds. The molecule has 0 aromatic heterocycles. The Labute approximate surface area is 119 Å². The van der Waals surface area contributed by atoms with Crippen molar-refractivity contribution in [3.63, 3.8) is 0 Å². The fourth-order valence-electron chi connectivity index (χ4n) is 2.23. The highest BCUT2D eigenvalue weighted by molar-refractivity contribution is 5.82. The van der Waals surface area contributed by atoms with E-state index in [0.29, 0.717) is 0 Å². The SMILES string of the molecule is CC(=O)OC1C(=O)O[C@H]2[C@H](OC(C)=O)[C@@H](OC(C)=O)O[C@H]12. The van der Waals surface area contributed by atoms with E-state index >= 15 is 0 Å². The van der Waals surface area contributed by atoms with Crippen LogP contribution in [0.3, 0.4) is 0 Å². The zero-order valence-electron chi connectivity index (χ0n) is 11.6. The Morgan fingerprint density at radius 1 is 0.905 bits per heavy atom. The molecule has 2 rings (SSSR count). The van der Waals surface area contributed by atoms with Gasteiger partial charge in [-0.25, -0.2) is 4.79 Å². The van der Waals surface area contributed by atoms with Gasteiger partial charge in [0.25, 0.3) is 0 Å². The van der Waals surface area contributed by atoms with E-state index in [1.54, 1.807) is 0 Å². The van der Waals surface area contributed by atoms with Crippen molar-refractivity contribution in [2.45, 2.75) is 51.5 Å². The Morgan fingerprint density at radius 2 is 1.48 bits per heavy atom. The number of fused-ring (bicyclic) bond motifs is 1. The fourth-order valence-corrected chi connectivity index (χ4v) is 2.23. The Morgan fingerprint density at radius 3 is 2.00 bits per heavy atom. The Bertz CT molecular complexity index is 485. The molecule has 0 saturated carbocycles. The second-order valence-electron chi connectivity index (χ2n) is 4.58. The van der Waals surface area contributed by atoms with Crippen LogP contribution >= 0.6 is 0 Å². The van der Waals surface area contributed by atoms with Gasteiger partial charge in [-0.1, -0.05) is 0 Å². The van der Waals surface area contributed by atoms with E-state index in [9.17, 15) is 19.2 Å². The standard InChI is InChI=1S/C12H14O9/c1-4(13)17-9-7-8(20-11(9)16)10(18-5(2)14)12(21-7)19-6(3)15/h7-10,12H,1-3H3/t7-,8+,9?,10-,12-/m0/s1. The Kier molecular flexibility index (Phi) is 4.12. The van der Waals surface area contributed by atoms with Crippen LogP contribution in [0.1, 0.15) is 20.8 Å². The van der Waals surface area contributed by atoms with Crippen LogP contribution in [0.5, 0.6) is 0 Å². The number of carbonyl (C=O) groups excluding carboxylic acids is 4. The molecular weight excluding hydrogens is 288 g/mol. The van der Waals surface area contributed by atoms with E-state index in [4.69, 9.17) is 23.7 Å². The first-order chi connectivity index (χ1) is 9.79. The third-order valence-electron chi connectivity index (χ3n) is 2.87. The van der Waals surface area contributed by atoms with Gasteiger partial charge in [-0.2, -0.15) is 0 Å². The van der Waals surface area contributed by atoms with E-state index < -0.39 is 54.6 Å². The molecule has 9 heteroatoms. The monoisotopic (exact) mass is 302 g/mol. The summed E-state index contributed by atoms with van der Waals surface area (Å²) in [6.07, 6.45) is -5.63. The molecule has 0 aromatic rings. The van der Waals surface area contributed by atoms with E-state index in [-0.39, 0.29) is 0 Å². The van der Waals surface area contributed by atoms with Gasteiger partial charge in [0.2, 0.25) is 18.5 Å². The second kappa shape index (κ2) is 5.68. The maximum Gasteiger partial charge on any atom is 0.350 e. The molecule has 0 N–H and O–H groups in total.